The standard InChI is InChI=1S/C26H38O/c1-3-5-6-21-7-11-23(12-8-21)25-15-17-26(18-16-25)24-13-9-22(10-14-24)20-27-19-4-2/h4-6,9-10,13-14,21,23,25-26H,2-3,7-8,11-12,15-20H2,1H3/b6-5+. The van der Waals surface area contributed by atoms with Crippen LogP contribution >= 0.6 is 0 Å². The van der Waals surface area contributed by atoms with Gasteiger partial charge in [0.1, 0.15) is 0 Å². The highest BCUT2D eigenvalue weighted by Gasteiger charge is 2.30. The molecule has 1 aromatic carbocycles. The van der Waals surface area contributed by atoms with E-state index in [0.29, 0.717) is 13.2 Å². The van der Waals surface area contributed by atoms with E-state index < -0.39 is 0 Å². The minimum Gasteiger partial charge on any atom is -0.373 e. The first-order chi connectivity index (χ1) is 13.3. The molecule has 2 fully saturated rings. The second-order valence-electron chi connectivity index (χ2n) is 8.67. The fraction of sp³-hybridized carbons (Fsp3) is 0.615. The highest BCUT2D eigenvalue weighted by Crippen LogP contribution is 2.44. The predicted molar refractivity (Wildman–Crippen MR) is 116 cm³/mol. The molecule has 2 saturated carbocycles. The van der Waals surface area contributed by atoms with Crippen LogP contribution < -0.4 is 0 Å². The van der Waals surface area contributed by atoms with Gasteiger partial charge in [0.25, 0.3) is 0 Å². The van der Waals surface area contributed by atoms with E-state index in [1.165, 1.54) is 68.9 Å². The summed E-state index contributed by atoms with van der Waals surface area (Å²) in [5, 5.41) is 0. The van der Waals surface area contributed by atoms with Crippen LogP contribution in [0.25, 0.3) is 0 Å². The zero-order valence-electron chi connectivity index (χ0n) is 17.2. The Balaban J connectivity index is 1.42. The molecule has 0 N–H and O–H groups in total. The van der Waals surface area contributed by atoms with E-state index in [1.807, 2.05) is 0 Å². The highest BCUT2D eigenvalue weighted by molar-refractivity contribution is 5.25. The Morgan fingerprint density at radius 3 is 2.15 bits per heavy atom. The third-order valence-corrected chi connectivity index (χ3v) is 6.85. The quantitative estimate of drug-likeness (QED) is 0.343. The molecule has 2 aliphatic carbocycles. The first-order valence-electron chi connectivity index (χ1n) is 11.2. The molecule has 148 valence electrons. The van der Waals surface area contributed by atoms with Crippen molar-refractivity contribution in [3.63, 3.8) is 0 Å². The van der Waals surface area contributed by atoms with Crippen LogP contribution in [-0.4, -0.2) is 6.61 Å². The molecule has 1 nitrogen and oxygen atoms in total. The van der Waals surface area contributed by atoms with Gasteiger partial charge >= 0.3 is 0 Å². The lowest BCUT2D eigenvalue weighted by Crippen LogP contribution is -2.25. The Morgan fingerprint density at radius 2 is 1.56 bits per heavy atom. The van der Waals surface area contributed by atoms with Crippen molar-refractivity contribution in [3.8, 4) is 0 Å². The zero-order chi connectivity index (χ0) is 18.9. The highest BCUT2D eigenvalue weighted by atomic mass is 16.5. The van der Waals surface area contributed by atoms with Gasteiger partial charge in [0.05, 0.1) is 13.2 Å². The Labute approximate surface area is 166 Å². The maximum absolute atomic E-state index is 5.54. The number of hydrogen-bond acceptors (Lipinski definition) is 1. The molecule has 0 amide bonds. The van der Waals surface area contributed by atoms with Crippen molar-refractivity contribution in [2.45, 2.75) is 77.2 Å². The predicted octanol–water partition coefficient (Wildman–Crippen LogP) is 7.44. The summed E-state index contributed by atoms with van der Waals surface area (Å²) < 4.78 is 5.54. The lowest BCUT2D eigenvalue weighted by molar-refractivity contribution is 0.149. The van der Waals surface area contributed by atoms with E-state index in [0.717, 1.165) is 23.7 Å². The van der Waals surface area contributed by atoms with Crippen molar-refractivity contribution in [3.05, 3.63) is 60.2 Å². The monoisotopic (exact) mass is 366 g/mol. The SMILES string of the molecule is C=CCOCc1ccc(C2CCC(C3CCC(/C=C/CC)CC3)CC2)cc1. The summed E-state index contributed by atoms with van der Waals surface area (Å²) in [6, 6.07) is 9.16. The second kappa shape index (κ2) is 10.9. The smallest absolute Gasteiger partial charge is 0.0721 e. The van der Waals surface area contributed by atoms with Crippen LogP contribution in [0.15, 0.2) is 49.1 Å². The van der Waals surface area contributed by atoms with Gasteiger partial charge in [-0.1, -0.05) is 49.4 Å². The average Bonchev–Trinajstić information content (AvgIpc) is 2.73. The van der Waals surface area contributed by atoms with E-state index in [1.54, 1.807) is 6.08 Å². The molecular formula is C26H38O. The number of ether oxygens (including phenoxy) is 1. The lowest BCUT2D eigenvalue weighted by atomic mass is 9.68. The minimum absolute atomic E-state index is 0.628. The van der Waals surface area contributed by atoms with E-state index in [-0.39, 0.29) is 0 Å². The normalized spacial score (nSPS) is 29.1. The molecule has 0 bridgehead atoms. The lowest BCUT2D eigenvalue weighted by Gasteiger charge is -2.37. The summed E-state index contributed by atoms with van der Waals surface area (Å²) in [5.74, 6) is 3.63. The Kier molecular flexibility index (Phi) is 8.20. The van der Waals surface area contributed by atoms with Crippen LogP contribution in [-0.2, 0) is 11.3 Å². The van der Waals surface area contributed by atoms with Crippen LogP contribution in [0.1, 0.15) is 81.8 Å². The van der Waals surface area contributed by atoms with Gasteiger partial charge in [-0.15, -0.1) is 6.58 Å². The van der Waals surface area contributed by atoms with Crippen molar-refractivity contribution in [2.75, 3.05) is 6.61 Å². The maximum Gasteiger partial charge on any atom is 0.0721 e. The van der Waals surface area contributed by atoms with Gasteiger partial charge in [-0.05, 0) is 92.6 Å². The molecule has 0 heterocycles. The molecular weight excluding hydrogens is 328 g/mol. The minimum atomic E-state index is 0.628. The number of benzene rings is 1. The van der Waals surface area contributed by atoms with Crippen molar-refractivity contribution < 1.29 is 4.74 Å². The molecule has 0 saturated heterocycles. The Morgan fingerprint density at radius 1 is 0.926 bits per heavy atom. The van der Waals surface area contributed by atoms with E-state index in [9.17, 15) is 0 Å². The Bertz CT molecular complexity index is 569. The summed E-state index contributed by atoms with van der Waals surface area (Å²) in [5.41, 5.74) is 2.80. The zero-order valence-corrected chi connectivity index (χ0v) is 17.2. The van der Waals surface area contributed by atoms with Gasteiger partial charge in [0, 0.05) is 0 Å². The van der Waals surface area contributed by atoms with Crippen LogP contribution in [0.3, 0.4) is 0 Å². The van der Waals surface area contributed by atoms with E-state index in [2.05, 4.69) is 49.9 Å². The van der Waals surface area contributed by atoms with Gasteiger partial charge in [-0.25, -0.2) is 0 Å². The average molecular weight is 367 g/mol. The molecule has 0 aliphatic heterocycles. The van der Waals surface area contributed by atoms with Crippen LogP contribution in [0.5, 0.6) is 0 Å². The maximum atomic E-state index is 5.54. The summed E-state index contributed by atoms with van der Waals surface area (Å²) in [6.45, 7) is 7.25. The summed E-state index contributed by atoms with van der Waals surface area (Å²) >= 11 is 0. The number of hydrogen-bond donors (Lipinski definition) is 0. The molecule has 0 radical (unpaired) electrons. The molecule has 0 unspecified atom stereocenters. The molecule has 0 spiro atoms. The third-order valence-electron chi connectivity index (χ3n) is 6.85. The number of allylic oxidation sites excluding steroid dienone is 2. The van der Waals surface area contributed by atoms with Crippen molar-refractivity contribution in [1.29, 1.82) is 0 Å². The second-order valence-corrected chi connectivity index (χ2v) is 8.67. The first kappa shape index (κ1) is 20.4. The van der Waals surface area contributed by atoms with Crippen LogP contribution in [0.4, 0.5) is 0 Å². The Hall–Kier alpha value is -1.34. The topological polar surface area (TPSA) is 9.23 Å². The first-order valence-corrected chi connectivity index (χ1v) is 11.2. The molecule has 1 aromatic rings. The van der Waals surface area contributed by atoms with Gasteiger partial charge in [-0.2, -0.15) is 0 Å². The van der Waals surface area contributed by atoms with Crippen LogP contribution in [0, 0.1) is 17.8 Å². The molecule has 0 aromatic heterocycles. The summed E-state index contributed by atoms with van der Waals surface area (Å²) in [6.07, 6.45) is 19.3. The van der Waals surface area contributed by atoms with E-state index in [4.69, 9.17) is 4.74 Å². The van der Waals surface area contributed by atoms with Crippen molar-refractivity contribution in [1.82, 2.24) is 0 Å². The summed E-state index contributed by atoms with van der Waals surface area (Å²) in [7, 11) is 0. The van der Waals surface area contributed by atoms with Gasteiger partial charge in [0.2, 0.25) is 0 Å². The molecule has 0 atom stereocenters. The summed E-state index contributed by atoms with van der Waals surface area (Å²) in [4.78, 5) is 0. The van der Waals surface area contributed by atoms with Gasteiger partial charge in [-0.3, -0.25) is 0 Å². The molecule has 1 heteroatoms. The number of rotatable bonds is 8. The van der Waals surface area contributed by atoms with E-state index >= 15 is 0 Å². The third kappa shape index (κ3) is 6.07. The van der Waals surface area contributed by atoms with Crippen molar-refractivity contribution >= 4 is 0 Å². The van der Waals surface area contributed by atoms with Crippen molar-refractivity contribution in [2.24, 2.45) is 17.8 Å². The van der Waals surface area contributed by atoms with Gasteiger partial charge < -0.3 is 4.74 Å². The molecule has 3 rings (SSSR count). The molecule has 27 heavy (non-hydrogen) atoms. The largest absolute Gasteiger partial charge is 0.373 e. The molecule has 2 aliphatic rings. The van der Waals surface area contributed by atoms with Crippen LogP contribution in [0.2, 0.25) is 0 Å². The fourth-order valence-corrected chi connectivity index (χ4v) is 5.21. The fourth-order valence-electron chi connectivity index (χ4n) is 5.21. The van der Waals surface area contributed by atoms with Gasteiger partial charge in [0.15, 0.2) is 0 Å².